The van der Waals surface area contributed by atoms with Gasteiger partial charge in [0.05, 0.1) is 0 Å². The van der Waals surface area contributed by atoms with E-state index in [4.69, 9.17) is 71.0 Å². The molecule has 0 aliphatic carbocycles. The van der Waals surface area contributed by atoms with Crippen LogP contribution in [0.4, 0.5) is 0 Å². The summed E-state index contributed by atoms with van der Waals surface area (Å²) in [6, 6.07) is 51.1. The minimum Gasteiger partial charge on any atom is -0.512 e. The summed E-state index contributed by atoms with van der Waals surface area (Å²) in [4.78, 5) is 16.1. The Labute approximate surface area is 620 Å². The van der Waals surface area contributed by atoms with Gasteiger partial charge in [-0.3, -0.25) is 0 Å². The van der Waals surface area contributed by atoms with Gasteiger partial charge >= 0.3 is 87.3 Å². The van der Waals surface area contributed by atoms with Gasteiger partial charge in [0.25, 0.3) is 0 Å². The third-order valence-electron chi connectivity index (χ3n) is 10.9. The summed E-state index contributed by atoms with van der Waals surface area (Å²) in [6.45, 7) is 28.5. The molecule has 0 spiro atoms. The van der Waals surface area contributed by atoms with E-state index in [2.05, 4.69) is 71.8 Å². The molecule has 0 aliphatic rings. The van der Waals surface area contributed by atoms with Crippen LogP contribution in [0.2, 0.25) is 0 Å². The molecular formula is C60H76B2Fe2N26O6Ru2. The average Bonchev–Trinajstić information content (AvgIpc) is 1.68. The van der Waals surface area contributed by atoms with E-state index in [-0.39, 0.29) is 106 Å². The van der Waals surface area contributed by atoms with Gasteiger partial charge in [-0.2, -0.15) is 0 Å². The number of aromatic nitrogens is 12. The molecule has 4 aromatic carbocycles. The summed E-state index contributed by atoms with van der Waals surface area (Å²) < 4.78 is 11.2. The molecule has 0 saturated carbocycles. The predicted molar refractivity (Wildman–Crippen MR) is 364 cm³/mol. The van der Waals surface area contributed by atoms with Crippen LogP contribution in [0.25, 0.3) is 21.3 Å². The van der Waals surface area contributed by atoms with Gasteiger partial charge in [0.15, 0.2) is 0 Å². The molecule has 0 amide bonds. The minimum atomic E-state index is -1.12. The third-order valence-corrected chi connectivity index (χ3v) is 10.9. The van der Waals surface area contributed by atoms with Crippen LogP contribution in [0.3, 0.4) is 0 Å². The number of hydrogen-bond acceptors (Lipinski definition) is 16. The molecular weight excluding hydrogens is 1520 g/mol. The maximum absolute atomic E-state index is 6.25. The van der Waals surface area contributed by atoms with Crippen molar-refractivity contribution in [2.24, 2.45) is 20.0 Å². The maximum Gasteiger partial charge on any atom is 3.00 e. The van der Waals surface area contributed by atoms with E-state index in [1.54, 1.807) is 93.6 Å². The quantitative estimate of drug-likeness (QED) is 0.0818. The van der Waals surface area contributed by atoms with E-state index < -0.39 is 14.2 Å². The first-order chi connectivity index (χ1) is 43.4. The van der Waals surface area contributed by atoms with Gasteiger partial charge < -0.3 is 173 Å². The normalized spacial score (nSPS) is 8.80. The molecule has 6 aromatic heterocycles. The Morgan fingerprint density at radius 2 is 0.418 bits per heavy atom. The van der Waals surface area contributed by atoms with E-state index in [0.29, 0.717) is 0 Å². The predicted octanol–water partition coefficient (Wildman–Crippen LogP) is 3.76. The molecule has 38 heteroatoms. The third kappa shape index (κ3) is 42.5. The van der Waals surface area contributed by atoms with Gasteiger partial charge in [0.1, 0.15) is 0 Å². The molecule has 0 aliphatic heterocycles. The molecule has 0 bridgehead atoms. The molecule has 32 nitrogen and oxygen atoms in total. The van der Waals surface area contributed by atoms with Crippen molar-refractivity contribution >= 4 is 37.6 Å². The Kier molecular flexibility index (Phi) is 91.8. The van der Waals surface area contributed by atoms with Gasteiger partial charge in [-0.05, 0) is 95.8 Å². The van der Waals surface area contributed by atoms with Gasteiger partial charge in [-0.25, -0.2) is 30.6 Å². The van der Waals surface area contributed by atoms with E-state index in [1.165, 1.54) is 0 Å². The zero-order valence-corrected chi connectivity index (χ0v) is 60.1. The largest absolute Gasteiger partial charge is 3.00 e. The molecule has 6 heterocycles. The van der Waals surface area contributed by atoms with Gasteiger partial charge in [0, 0.05) is 37.2 Å². The Morgan fingerprint density at radius 1 is 0.286 bits per heavy atom. The minimum absolute atomic E-state index is 0. The summed E-state index contributed by atoms with van der Waals surface area (Å²) >= 11 is 0. The van der Waals surface area contributed by atoms with Crippen molar-refractivity contribution in [3.63, 3.8) is 0 Å². The number of aliphatic imine (C=N–C) groups is 4. The summed E-state index contributed by atoms with van der Waals surface area (Å²) in [6.07, 6.45) is 22.1. The first kappa shape index (κ1) is 115. The van der Waals surface area contributed by atoms with E-state index in [0.717, 1.165) is 45.6 Å². The van der Waals surface area contributed by atoms with E-state index >= 15 is 0 Å². The zero-order valence-electron chi connectivity index (χ0n) is 54.4. The molecule has 10 aromatic rings. The zero-order chi connectivity index (χ0) is 66.0. The SMILES string of the molecule is CN=C([N-]C)c1ccccc1.CN=C([N-]C)c1ccccc1.CN=C([N-]C)c1ccccc1.CN=C([N-]C)c1ccccc1.O.O.O.O.O.O.[C-]#N.[C-]#N.[C-]#N.[C-]#N.[C-]#N.[C-]#N.[Fe+3].[Fe+3].[Ru+3].[Ru+3].c1cnn([BH-](n2cccn2)n2cccn2)c1.c1cnn([BH-](n2cccn2)n2cccn2)c1. The maximum atomic E-state index is 6.25. The van der Waals surface area contributed by atoms with Crippen molar-refractivity contribution in [2.45, 2.75) is 0 Å². The fourth-order valence-corrected chi connectivity index (χ4v) is 7.48. The van der Waals surface area contributed by atoms with Crippen LogP contribution in [-0.4, -0.2) is 185 Å². The van der Waals surface area contributed by atoms with Gasteiger partial charge in [-0.1, -0.05) is 201 Å². The number of hydrogen-bond donors (Lipinski definition) is 0. The molecule has 12 N–H and O–H groups in total. The summed E-state index contributed by atoms with van der Waals surface area (Å²) in [5.74, 6) is 3.19. The summed E-state index contributed by atoms with van der Waals surface area (Å²) in [5.41, 5.74) is 4.27. The summed E-state index contributed by atoms with van der Waals surface area (Å²) in [5, 5.41) is 79.2. The Morgan fingerprint density at radius 3 is 0.510 bits per heavy atom. The Hall–Kier alpha value is -10.9. The van der Waals surface area contributed by atoms with Crippen molar-refractivity contribution in [1.29, 1.82) is 31.6 Å². The van der Waals surface area contributed by atoms with Crippen LogP contribution in [0, 0.1) is 71.0 Å². The first-order valence-corrected chi connectivity index (χ1v) is 25.5. The number of rotatable bonds is 10. The molecule has 0 saturated heterocycles. The average molecular weight is 1590 g/mol. The van der Waals surface area contributed by atoms with Crippen LogP contribution in [0.15, 0.2) is 252 Å². The summed E-state index contributed by atoms with van der Waals surface area (Å²) in [7, 11) is 11.7. The molecule has 0 fully saturated rings. The molecule has 10 rings (SSSR count). The number of amidine groups is 4. The smallest absolute Gasteiger partial charge is 0.512 e. The van der Waals surface area contributed by atoms with Crippen LogP contribution in [0.1, 0.15) is 22.3 Å². The van der Waals surface area contributed by atoms with Crippen LogP contribution in [-0.2, 0) is 73.1 Å². The van der Waals surface area contributed by atoms with Crippen LogP contribution >= 0.6 is 0 Å². The van der Waals surface area contributed by atoms with Crippen molar-refractivity contribution < 1.29 is 106 Å². The monoisotopic (exact) mass is 1590 g/mol. The van der Waals surface area contributed by atoms with E-state index in [1.807, 2.05) is 222 Å². The second-order valence-electron chi connectivity index (χ2n) is 15.7. The first-order valence-electron chi connectivity index (χ1n) is 25.5. The Bertz CT molecular complexity index is 2940. The second kappa shape index (κ2) is 78.6. The van der Waals surface area contributed by atoms with Crippen LogP contribution in [0.5, 0.6) is 0 Å². The second-order valence-corrected chi connectivity index (χ2v) is 15.7. The molecule has 98 heavy (non-hydrogen) atoms. The topological polar surface area (TPSA) is 544 Å². The molecule has 4 radical (unpaired) electrons. The number of nitrogens with zero attached hydrogens (tertiary/aromatic N) is 26. The van der Waals surface area contributed by atoms with Crippen molar-refractivity contribution in [1.82, 2.24) is 58.1 Å². The van der Waals surface area contributed by atoms with Gasteiger partial charge in [0.2, 0.25) is 0 Å². The number of benzene rings is 4. The van der Waals surface area contributed by atoms with Crippen LogP contribution < -0.4 is 0 Å². The molecule has 0 atom stereocenters. The molecule has 520 valence electrons. The van der Waals surface area contributed by atoms with Crippen molar-refractivity contribution in [3.05, 3.63) is 315 Å². The van der Waals surface area contributed by atoms with Crippen molar-refractivity contribution in [3.8, 4) is 0 Å². The van der Waals surface area contributed by atoms with Gasteiger partial charge in [-0.15, -0.1) is 0 Å². The fourth-order valence-electron chi connectivity index (χ4n) is 7.48. The van der Waals surface area contributed by atoms with Crippen molar-refractivity contribution in [2.75, 3.05) is 56.4 Å². The molecule has 0 unspecified atom stereocenters. The standard InChI is InChI=1S/2C9H10BN6.4C9H11N2.6CN.2Fe.6H2O.2Ru/c2*1-4-11-14(7-1)10(15-8-2-5-12-15)16-9-3-6-13-16;4*1-10-9(11-2)8-6-4-3-5-7-8;6*1-2;;;;;;;;;;/h2*1-10H;4*3-7H,1-2H3;;;;;;;;;6*1H2;;/q12*-1;2*+3;;;;;;;2*+3. The Balaban J connectivity index is -0.0000000866. The fraction of sp³-hybridized carbons (Fsp3) is 0.133. The van der Waals surface area contributed by atoms with E-state index in [9.17, 15) is 0 Å².